The summed E-state index contributed by atoms with van der Waals surface area (Å²) in [6, 6.07) is 12.7. The first kappa shape index (κ1) is 37.9. The number of thiophene rings is 1. The third-order valence-electron chi connectivity index (χ3n) is 10.7. The molecule has 0 aliphatic carbocycles. The Kier molecular flexibility index (Phi) is 10.8. The fourth-order valence-corrected chi connectivity index (χ4v) is 8.65. The van der Waals surface area contributed by atoms with Gasteiger partial charge in [0.2, 0.25) is 11.8 Å². The molecule has 2 aromatic carbocycles. The van der Waals surface area contributed by atoms with Gasteiger partial charge >= 0.3 is 12.2 Å². The van der Waals surface area contributed by atoms with Gasteiger partial charge in [0, 0.05) is 18.0 Å². The first-order chi connectivity index (χ1) is 26.4. The Morgan fingerprint density at radius 3 is 1.65 bits per heavy atom. The number of carbonyl (C=O) groups is 4. The van der Waals surface area contributed by atoms with Crippen LogP contribution >= 0.6 is 11.3 Å². The maximum absolute atomic E-state index is 13.6. The van der Waals surface area contributed by atoms with Crippen molar-refractivity contribution >= 4 is 57.4 Å². The van der Waals surface area contributed by atoms with Gasteiger partial charge < -0.3 is 39.9 Å². The largest absolute Gasteiger partial charge is 0.453 e. The molecule has 15 heteroatoms. The number of likely N-dealkylation sites (tertiary alicyclic amines) is 2. The summed E-state index contributed by atoms with van der Waals surface area (Å²) >= 11 is 1.66. The molecule has 7 rings (SSSR count). The van der Waals surface area contributed by atoms with Crippen molar-refractivity contribution in [3.8, 4) is 21.6 Å². The van der Waals surface area contributed by atoms with Crippen molar-refractivity contribution in [2.75, 3.05) is 27.3 Å². The number of H-pyrrole nitrogens is 2. The van der Waals surface area contributed by atoms with Crippen LogP contribution in [0.2, 0.25) is 0 Å². The van der Waals surface area contributed by atoms with Gasteiger partial charge in [0.25, 0.3) is 0 Å². The molecular formula is C40H48N8O6S. The topological polar surface area (TPSA) is 175 Å². The highest BCUT2D eigenvalue weighted by Crippen LogP contribution is 2.38. The number of alkyl carbamates (subject to hydrolysis) is 2. The lowest BCUT2D eigenvalue weighted by Gasteiger charge is -2.29. The molecule has 0 spiro atoms. The molecule has 5 aromatic rings. The number of ether oxygens (including phenoxy) is 2. The molecule has 4 atom stereocenters. The maximum Gasteiger partial charge on any atom is 0.407 e. The van der Waals surface area contributed by atoms with Crippen molar-refractivity contribution < 1.29 is 28.7 Å². The molecule has 14 nitrogen and oxygen atoms in total. The van der Waals surface area contributed by atoms with E-state index in [1.807, 2.05) is 49.6 Å². The van der Waals surface area contributed by atoms with Gasteiger partial charge in [-0.2, -0.15) is 0 Å². The lowest BCUT2D eigenvalue weighted by molar-refractivity contribution is -0.136. The van der Waals surface area contributed by atoms with Crippen LogP contribution in [-0.4, -0.2) is 93.1 Å². The highest BCUT2D eigenvalue weighted by molar-refractivity contribution is 7.14. The normalized spacial score (nSPS) is 18.3. The number of aromatic amines is 2. The average Bonchev–Trinajstić information content (AvgIpc) is 4.02. The van der Waals surface area contributed by atoms with Gasteiger partial charge in [-0.15, -0.1) is 11.3 Å². The van der Waals surface area contributed by atoms with Crippen LogP contribution in [0.15, 0.2) is 47.8 Å². The second-order valence-corrected chi connectivity index (χ2v) is 15.9. The number of benzene rings is 2. The number of hydrogen-bond acceptors (Lipinski definition) is 9. The molecule has 3 aromatic heterocycles. The quantitative estimate of drug-likeness (QED) is 0.118. The third-order valence-corrected chi connectivity index (χ3v) is 11.7. The number of amides is 4. The zero-order valence-corrected chi connectivity index (χ0v) is 32.8. The van der Waals surface area contributed by atoms with Gasteiger partial charge in [-0.1, -0.05) is 39.8 Å². The number of aromatic nitrogens is 4. The van der Waals surface area contributed by atoms with E-state index in [2.05, 4.69) is 56.3 Å². The van der Waals surface area contributed by atoms with Crippen molar-refractivity contribution in [2.45, 2.75) is 77.5 Å². The summed E-state index contributed by atoms with van der Waals surface area (Å²) in [6.07, 6.45) is 2.00. The molecule has 4 N–H and O–H groups in total. The predicted molar refractivity (Wildman–Crippen MR) is 210 cm³/mol. The number of nitrogens with zero attached hydrogens (tertiary/aromatic N) is 4. The number of carbonyl (C=O) groups excluding carboxylic acids is 4. The van der Waals surface area contributed by atoms with Crippen molar-refractivity contribution in [3.63, 3.8) is 0 Å². The van der Waals surface area contributed by atoms with E-state index in [9.17, 15) is 19.2 Å². The van der Waals surface area contributed by atoms with Crippen molar-refractivity contribution in [2.24, 2.45) is 11.8 Å². The Labute approximate surface area is 323 Å². The van der Waals surface area contributed by atoms with Crippen LogP contribution in [0.3, 0.4) is 0 Å². The average molecular weight is 769 g/mol. The first-order valence-corrected chi connectivity index (χ1v) is 19.7. The fourth-order valence-electron chi connectivity index (χ4n) is 7.73. The van der Waals surface area contributed by atoms with Gasteiger partial charge in [0.15, 0.2) is 0 Å². The molecule has 0 saturated carbocycles. The number of nitrogens with one attached hydrogen (secondary N) is 4. The molecule has 290 valence electrons. The van der Waals surface area contributed by atoms with Crippen LogP contribution in [0.25, 0.3) is 43.6 Å². The second-order valence-electron chi connectivity index (χ2n) is 15.0. The van der Waals surface area contributed by atoms with E-state index in [0.29, 0.717) is 13.1 Å². The molecule has 2 fully saturated rings. The fraction of sp³-hybridized carbons (Fsp3) is 0.450. The summed E-state index contributed by atoms with van der Waals surface area (Å²) < 4.78 is 9.54. The standard InChI is InChI=1S/C40H48N8O6S/c1-21(2)33(45-39(51)53-5)37(49)47-15-7-9-30(47)35-41-26-13-11-23(17-28(26)43-35)25-19-32(55-20-25)24-12-14-27-29(18-24)44-36(42-27)31-10-8-16-48(31)38(50)34(22(3)4)46-40(52)54-6/h11-14,17-22,30-31,33-34H,7-10,15-16H2,1-6H3,(H,41,43)(H,42,44)(H,45,51)(H,46,52). The zero-order chi connectivity index (χ0) is 39.0. The summed E-state index contributed by atoms with van der Waals surface area (Å²) in [5.74, 6) is 0.977. The zero-order valence-electron chi connectivity index (χ0n) is 32.0. The highest BCUT2D eigenvalue weighted by Gasteiger charge is 2.39. The Hall–Kier alpha value is -5.44. The Morgan fingerprint density at radius 2 is 1.18 bits per heavy atom. The second kappa shape index (κ2) is 15.7. The van der Waals surface area contributed by atoms with Gasteiger partial charge in [-0.05, 0) is 89.9 Å². The summed E-state index contributed by atoms with van der Waals surface area (Å²) in [5.41, 5.74) is 6.60. The highest BCUT2D eigenvalue weighted by atomic mass is 32.1. The molecule has 0 radical (unpaired) electrons. The Bertz CT molecular complexity index is 2070. The molecule has 4 amide bonds. The lowest BCUT2D eigenvalue weighted by Crippen LogP contribution is -2.51. The number of rotatable bonds is 10. The van der Waals surface area contributed by atoms with E-state index in [-0.39, 0.29) is 35.7 Å². The van der Waals surface area contributed by atoms with Crippen LogP contribution in [0, 0.1) is 11.8 Å². The Balaban J connectivity index is 1.08. The molecule has 0 bridgehead atoms. The summed E-state index contributed by atoms with van der Waals surface area (Å²) in [6.45, 7) is 8.80. The van der Waals surface area contributed by atoms with Crippen LogP contribution in [0.4, 0.5) is 9.59 Å². The van der Waals surface area contributed by atoms with Crippen LogP contribution in [0.1, 0.15) is 77.1 Å². The molecular weight excluding hydrogens is 721 g/mol. The monoisotopic (exact) mass is 768 g/mol. The molecule has 2 aliphatic rings. The molecule has 2 aliphatic heterocycles. The number of fused-ring (bicyclic) bond motifs is 2. The predicted octanol–water partition coefficient (Wildman–Crippen LogP) is 6.92. The molecule has 55 heavy (non-hydrogen) atoms. The first-order valence-electron chi connectivity index (χ1n) is 18.8. The number of imidazole rings is 2. The minimum Gasteiger partial charge on any atom is -0.453 e. The van der Waals surface area contributed by atoms with Crippen LogP contribution in [-0.2, 0) is 19.1 Å². The van der Waals surface area contributed by atoms with E-state index in [1.54, 1.807) is 11.3 Å². The van der Waals surface area contributed by atoms with E-state index in [4.69, 9.17) is 19.4 Å². The molecule has 4 unspecified atom stereocenters. The van der Waals surface area contributed by atoms with Gasteiger partial charge in [-0.3, -0.25) is 9.59 Å². The number of methoxy groups -OCH3 is 2. The van der Waals surface area contributed by atoms with E-state index >= 15 is 0 Å². The summed E-state index contributed by atoms with van der Waals surface area (Å²) in [4.78, 5) is 72.7. The van der Waals surface area contributed by atoms with E-state index in [0.717, 1.165) is 81.0 Å². The minimum absolute atomic E-state index is 0.109. The lowest BCUT2D eigenvalue weighted by atomic mass is 10.0. The van der Waals surface area contributed by atoms with Gasteiger partial charge in [0.1, 0.15) is 23.7 Å². The van der Waals surface area contributed by atoms with Crippen LogP contribution in [0.5, 0.6) is 0 Å². The number of hydrogen-bond donors (Lipinski definition) is 4. The van der Waals surface area contributed by atoms with E-state index in [1.165, 1.54) is 14.2 Å². The molecule has 5 heterocycles. The maximum atomic E-state index is 13.6. The van der Waals surface area contributed by atoms with Crippen molar-refractivity contribution in [1.82, 2.24) is 40.4 Å². The van der Waals surface area contributed by atoms with Crippen LogP contribution < -0.4 is 10.6 Å². The third kappa shape index (κ3) is 7.62. The van der Waals surface area contributed by atoms with Crippen molar-refractivity contribution in [1.29, 1.82) is 0 Å². The van der Waals surface area contributed by atoms with Gasteiger partial charge in [0.05, 0.1) is 48.4 Å². The van der Waals surface area contributed by atoms with Crippen molar-refractivity contribution in [3.05, 3.63) is 59.5 Å². The summed E-state index contributed by atoms with van der Waals surface area (Å²) in [5, 5.41) is 7.55. The molecule has 2 saturated heterocycles. The minimum atomic E-state index is -0.693. The van der Waals surface area contributed by atoms with Gasteiger partial charge in [-0.25, -0.2) is 19.6 Å². The van der Waals surface area contributed by atoms with E-state index < -0.39 is 24.3 Å². The SMILES string of the molecule is COC(=O)NC(C(=O)N1CCCC1c1nc2ccc(-c3csc(-c4ccc5nc(C6CCCN6C(=O)C(NC(=O)OC)C(C)C)[nH]c5c4)c3)cc2[nH]1)C(C)C. The summed E-state index contributed by atoms with van der Waals surface area (Å²) in [7, 11) is 2.58. The smallest absolute Gasteiger partial charge is 0.407 e. The Morgan fingerprint density at radius 1 is 0.709 bits per heavy atom.